The summed E-state index contributed by atoms with van der Waals surface area (Å²) in [5.41, 5.74) is 9.28. The fourth-order valence-corrected chi connectivity index (χ4v) is 19.9. The Morgan fingerprint density at radius 3 is 0.950 bits per heavy atom. The van der Waals surface area contributed by atoms with Gasteiger partial charge in [0.2, 0.25) is 0 Å². The standard InChI is InChI=1S/C86H72N4O6S4/c1-9-49(5)45-93-59-29-21-55(22-30-59)85(56-23-31-60(32-24-56)94-46-50(6)10-2)71-39-63(37-69-73(53(41-87)42-88)65-17-13-15-19-67(65)77(69)91)97-79(71)81-75(85)83-84(99-81)76-82(100-83)80-72(40-64(98-80)38-70-74(54(43-89)44-90)66-18-14-16-20-68(66)78(70)92)86(76,57-25-33-61(34-26-57)95-47-51(7)11-3)58-27-35-62(36-28-58)96-48-52(8)12-4/h13-40,49-52H,9-12,45-48H2,1-8H3/b69-37-,70-38-/t49-,50-,51+,52+. The molecule has 4 heterocycles. The molecule has 0 radical (unpaired) electrons. The smallest absolute Gasteiger partial charge is 0.194 e. The van der Waals surface area contributed by atoms with E-state index in [0.717, 1.165) is 132 Å². The summed E-state index contributed by atoms with van der Waals surface area (Å²) in [5.74, 6) is 3.92. The highest BCUT2D eigenvalue weighted by Gasteiger charge is 2.55. The van der Waals surface area contributed by atoms with E-state index in [-0.39, 0.29) is 22.7 Å². The minimum atomic E-state index is -1.01. The number of Topliss-reactive ketones (excluding diaryl/α,β-unsaturated/α-hetero) is 2. The first-order valence-corrected chi connectivity index (χ1v) is 37.6. The number of carbonyl (C=O) groups excluding carboxylic acids is 2. The summed E-state index contributed by atoms with van der Waals surface area (Å²) in [5, 5.41) is 41.9. The van der Waals surface area contributed by atoms with E-state index >= 15 is 0 Å². The van der Waals surface area contributed by atoms with Crippen LogP contribution in [0.1, 0.15) is 167 Å². The number of thiophene rings is 4. The molecule has 14 rings (SSSR count). The van der Waals surface area contributed by atoms with E-state index in [4.69, 9.17) is 18.9 Å². The van der Waals surface area contributed by atoms with Crippen LogP contribution in [0.2, 0.25) is 0 Å². The van der Waals surface area contributed by atoms with Gasteiger partial charge in [-0.2, -0.15) is 21.0 Å². The largest absolute Gasteiger partial charge is 0.493 e. The molecule has 4 aliphatic rings. The van der Waals surface area contributed by atoms with Crippen molar-refractivity contribution in [2.75, 3.05) is 26.4 Å². The van der Waals surface area contributed by atoms with Crippen LogP contribution in [0.4, 0.5) is 0 Å². The van der Waals surface area contributed by atoms with Crippen molar-refractivity contribution in [3.63, 3.8) is 0 Å². The molecule has 0 amide bonds. The van der Waals surface area contributed by atoms with Crippen molar-refractivity contribution in [2.24, 2.45) is 23.7 Å². The minimum Gasteiger partial charge on any atom is -0.493 e. The molecule has 100 heavy (non-hydrogen) atoms. The first-order valence-electron chi connectivity index (χ1n) is 34.3. The summed E-state index contributed by atoms with van der Waals surface area (Å²) in [4.78, 5) is 35.3. The molecule has 0 N–H and O–H groups in total. The predicted octanol–water partition coefficient (Wildman–Crippen LogP) is 21.7. The Morgan fingerprint density at radius 2 is 0.680 bits per heavy atom. The molecule has 4 aliphatic carbocycles. The Labute approximate surface area is 600 Å². The number of nitrogens with zero attached hydrogens (tertiary/aromatic N) is 4. The zero-order chi connectivity index (χ0) is 69.7. The fourth-order valence-electron chi connectivity index (χ4n) is 14.2. The van der Waals surface area contributed by atoms with Crippen molar-refractivity contribution in [3.8, 4) is 66.8 Å². The number of hydrogen-bond acceptors (Lipinski definition) is 14. The number of hydrogen-bond donors (Lipinski definition) is 0. The monoisotopic (exact) mass is 1380 g/mol. The minimum absolute atomic E-state index is 0.127. The van der Waals surface area contributed by atoms with E-state index in [9.17, 15) is 30.6 Å². The zero-order valence-electron chi connectivity index (χ0n) is 57.0. The van der Waals surface area contributed by atoms with E-state index in [2.05, 4.69) is 189 Å². The molecule has 0 bridgehead atoms. The maximum absolute atomic E-state index is 14.8. The highest BCUT2D eigenvalue weighted by Crippen LogP contribution is 2.70. The number of rotatable bonds is 22. The summed E-state index contributed by atoms with van der Waals surface area (Å²) in [6, 6.07) is 61.6. The Balaban J connectivity index is 1.07. The van der Waals surface area contributed by atoms with Crippen molar-refractivity contribution in [1.29, 1.82) is 21.0 Å². The van der Waals surface area contributed by atoms with Gasteiger partial charge in [-0.3, -0.25) is 9.59 Å². The molecule has 6 aromatic carbocycles. The van der Waals surface area contributed by atoms with Gasteiger partial charge < -0.3 is 18.9 Å². The van der Waals surface area contributed by atoms with Crippen molar-refractivity contribution in [3.05, 3.63) is 257 Å². The number of carbonyl (C=O) groups is 2. The molecule has 4 aromatic heterocycles. The van der Waals surface area contributed by atoms with Gasteiger partial charge in [0.05, 0.1) is 66.2 Å². The number of benzene rings is 6. The van der Waals surface area contributed by atoms with Gasteiger partial charge in [0.25, 0.3) is 0 Å². The normalized spacial score (nSPS) is 16.1. The third-order valence-corrected chi connectivity index (χ3v) is 25.5. The van der Waals surface area contributed by atoms with E-state index in [1.807, 2.05) is 48.6 Å². The second kappa shape index (κ2) is 27.5. The van der Waals surface area contributed by atoms with Crippen LogP contribution in [-0.2, 0) is 10.8 Å². The quantitative estimate of drug-likeness (QED) is 0.0471. The fraction of sp³-hybridized carbons (Fsp3) is 0.256. The molecule has 10 nitrogen and oxygen atoms in total. The third-order valence-electron chi connectivity index (χ3n) is 20.5. The van der Waals surface area contributed by atoms with Crippen LogP contribution in [0, 0.1) is 69.0 Å². The van der Waals surface area contributed by atoms with Crippen LogP contribution in [-0.4, -0.2) is 38.0 Å². The highest BCUT2D eigenvalue weighted by atomic mass is 32.1. The lowest BCUT2D eigenvalue weighted by Crippen LogP contribution is -2.29. The summed E-state index contributed by atoms with van der Waals surface area (Å²) in [7, 11) is 0. The summed E-state index contributed by atoms with van der Waals surface area (Å²) in [6.07, 6.45) is 7.67. The molecular weight excluding hydrogens is 1310 g/mol. The maximum Gasteiger partial charge on any atom is 0.194 e. The van der Waals surface area contributed by atoms with Crippen LogP contribution in [0.3, 0.4) is 0 Å². The van der Waals surface area contributed by atoms with Crippen molar-refractivity contribution < 1.29 is 28.5 Å². The number of fused-ring (bicyclic) bond motifs is 11. The van der Waals surface area contributed by atoms with Crippen LogP contribution in [0.5, 0.6) is 23.0 Å². The molecule has 4 atom stereocenters. The predicted molar refractivity (Wildman–Crippen MR) is 404 cm³/mol. The van der Waals surface area contributed by atoms with Gasteiger partial charge >= 0.3 is 0 Å². The molecule has 0 fully saturated rings. The van der Waals surface area contributed by atoms with E-state index in [1.165, 1.54) is 0 Å². The van der Waals surface area contributed by atoms with Gasteiger partial charge in [-0.25, -0.2) is 0 Å². The highest BCUT2D eigenvalue weighted by molar-refractivity contribution is 7.34. The molecule has 0 spiro atoms. The average molecular weight is 1390 g/mol. The van der Waals surface area contributed by atoms with Crippen molar-refractivity contribution >= 4 is 89.6 Å². The van der Waals surface area contributed by atoms with Gasteiger partial charge in [0.15, 0.2) is 11.6 Å². The second-order valence-electron chi connectivity index (χ2n) is 26.8. The molecular formula is C86H72N4O6S4. The molecule has 14 heteroatoms. The lowest BCUT2D eigenvalue weighted by Gasteiger charge is -2.34. The SMILES string of the molecule is CC[C@@H](C)COc1ccc(C2(c3ccc(OC[C@H](C)CC)cc3)c3cc(/C=C4\C(=O)c5ccccc5C4=C(C#N)C#N)sc3-c3sc4c5c(sc4c32)-c2sc(/C=C3\C(=O)c4ccccc4C3=C(C#N)C#N)cc2C5(c2ccc(OC[C@@H](C)CC)cc2)c2ccc(OC[C@@H](C)CC)cc2)cc1. The van der Waals surface area contributed by atoms with Crippen LogP contribution >= 0.6 is 45.3 Å². The lowest BCUT2D eigenvalue weighted by atomic mass is 9.67. The van der Waals surface area contributed by atoms with Crippen LogP contribution in [0.15, 0.2) is 180 Å². The molecule has 10 aromatic rings. The Hall–Kier alpha value is -10.2. The van der Waals surface area contributed by atoms with E-state index in [0.29, 0.717) is 94.6 Å². The third kappa shape index (κ3) is 11.1. The topological polar surface area (TPSA) is 166 Å². The molecule has 0 unspecified atom stereocenters. The Bertz CT molecular complexity index is 4760. The van der Waals surface area contributed by atoms with E-state index in [1.54, 1.807) is 57.5 Å². The number of nitriles is 4. The number of ether oxygens (including phenoxy) is 4. The summed E-state index contributed by atoms with van der Waals surface area (Å²) < 4.78 is 28.3. The average Bonchev–Trinajstić information content (AvgIpc) is 1.49. The maximum atomic E-state index is 14.8. The second-order valence-corrected chi connectivity index (χ2v) is 31.0. The Kier molecular flexibility index (Phi) is 18.4. The number of allylic oxidation sites excluding steroid dienone is 6. The van der Waals surface area contributed by atoms with Crippen LogP contribution in [0.25, 0.3) is 52.2 Å². The first kappa shape index (κ1) is 67.0. The lowest BCUT2D eigenvalue weighted by molar-refractivity contribution is 0.103. The number of ketones is 2. The van der Waals surface area contributed by atoms with Gasteiger partial charge in [-0.05, 0) is 141 Å². The molecule has 0 aliphatic heterocycles. The van der Waals surface area contributed by atoms with Crippen LogP contribution < -0.4 is 18.9 Å². The van der Waals surface area contributed by atoms with Gasteiger partial charge in [-0.1, -0.05) is 178 Å². The van der Waals surface area contributed by atoms with Crippen molar-refractivity contribution in [1.82, 2.24) is 0 Å². The van der Waals surface area contributed by atoms with Gasteiger partial charge in [-0.15, -0.1) is 45.3 Å². The van der Waals surface area contributed by atoms with Crippen molar-refractivity contribution in [2.45, 2.75) is 91.9 Å². The van der Waals surface area contributed by atoms with Gasteiger partial charge in [0, 0.05) is 54.3 Å². The van der Waals surface area contributed by atoms with E-state index < -0.39 is 10.8 Å². The molecule has 0 saturated carbocycles. The summed E-state index contributed by atoms with van der Waals surface area (Å²) in [6.45, 7) is 19.7. The zero-order valence-corrected chi connectivity index (χ0v) is 60.3. The first-order chi connectivity index (χ1) is 48.7. The molecule has 0 saturated heterocycles. The van der Waals surface area contributed by atoms with Gasteiger partial charge in [0.1, 0.15) is 58.4 Å². The Morgan fingerprint density at radius 1 is 0.400 bits per heavy atom. The summed E-state index contributed by atoms with van der Waals surface area (Å²) >= 11 is 6.76. The molecule has 496 valence electrons.